The molecule has 0 atom stereocenters. The highest BCUT2D eigenvalue weighted by Gasteiger charge is 2.06. The van der Waals surface area contributed by atoms with Gasteiger partial charge < -0.3 is 14.6 Å². The number of anilines is 1. The van der Waals surface area contributed by atoms with Gasteiger partial charge in [-0.05, 0) is 36.2 Å². The fourth-order valence-corrected chi connectivity index (χ4v) is 2.18. The zero-order valence-corrected chi connectivity index (χ0v) is 12.8. The van der Waals surface area contributed by atoms with Gasteiger partial charge in [0.2, 0.25) is 0 Å². The Kier molecular flexibility index (Phi) is 4.85. The highest BCUT2D eigenvalue weighted by molar-refractivity contribution is 5.50. The van der Waals surface area contributed by atoms with Crippen LogP contribution in [0.15, 0.2) is 41.2 Å². The van der Waals surface area contributed by atoms with Crippen molar-refractivity contribution in [2.75, 3.05) is 11.9 Å². The van der Waals surface area contributed by atoms with Gasteiger partial charge in [0, 0.05) is 37.4 Å². The maximum absolute atomic E-state index is 5.11. The molecule has 1 heterocycles. The third-order valence-corrected chi connectivity index (χ3v) is 3.47. The van der Waals surface area contributed by atoms with Gasteiger partial charge >= 0.3 is 0 Å². The molecule has 0 aliphatic heterocycles. The van der Waals surface area contributed by atoms with Crippen molar-refractivity contribution < 1.29 is 4.42 Å². The van der Waals surface area contributed by atoms with E-state index in [2.05, 4.69) is 56.2 Å². The molecule has 0 aliphatic rings. The minimum Gasteiger partial charge on any atom is -0.472 e. The number of aryl methyl sites for hydroxylation is 1. The Balaban J connectivity index is 2.04. The number of furan rings is 1. The maximum Gasteiger partial charge on any atom is 0.0952 e. The first kappa shape index (κ1) is 14.7. The lowest BCUT2D eigenvalue weighted by molar-refractivity contribution is 0.563. The number of benzene rings is 1. The molecule has 0 radical (unpaired) electrons. The second kappa shape index (κ2) is 6.62. The van der Waals surface area contributed by atoms with E-state index in [4.69, 9.17) is 4.42 Å². The molecular formula is C17H24N2O. The molecular weight excluding hydrogens is 248 g/mol. The first-order chi connectivity index (χ1) is 9.56. The number of nitrogens with zero attached hydrogens (tertiary/aromatic N) is 1. The third-order valence-electron chi connectivity index (χ3n) is 3.47. The summed E-state index contributed by atoms with van der Waals surface area (Å²) in [5.41, 5.74) is 5.11. The van der Waals surface area contributed by atoms with Crippen LogP contribution in [0, 0.1) is 6.92 Å². The van der Waals surface area contributed by atoms with Crippen molar-refractivity contribution in [1.82, 2.24) is 5.32 Å². The van der Waals surface area contributed by atoms with E-state index in [1.54, 1.807) is 12.5 Å². The molecule has 0 aliphatic carbocycles. The number of nitrogens with one attached hydrogen (secondary N) is 1. The van der Waals surface area contributed by atoms with E-state index in [1.165, 1.54) is 22.4 Å². The van der Waals surface area contributed by atoms with E-state index >= 15 is 0 Å². The Hall–Kier alpha value is -1.74. The molecule has 1 aromatic heterocycles. The quantitative estimate of drug-likeness (QED) is 0.868. The molecule has 1 aromatic carbocycles. The van der Waals surface area contributed by atoms with E-state index in [0.29, 0.717) is 6.04 Å². The lowest BCUT2D eigenvalue weighted by Gasteiger charge is -2.20. The standard InChI is InChI=1S/C17H24N2O/c1-13(2)18-10-16-5-6-17(9-14(16)3)19(4)11-15-7-8-20-12-15/h5-9,12-13,18H,10-11H2,1-4H3. The zero-order chi connectivity index (χ0) is 14.5. The lowest BCUT2D eigenvalue weighted by atomic mass is 10.1. The second-order valence-corrected chi connectivity index (χ2v) is 5.63. The Morgan fingerprint density at radius 2 is 2.05 bits per heavy atom. The van der Waals surface area contributed by atoms with Gasteiger partial charge in [-0.2, -0.15) is 0 Å². The second-order valence-electron chi connectivity index (χ2n) is 5.63. The first-order valence-corrected chi connectivity index (χ1v) is 7.11. The fourth-order valence-electron chi connectivity index (χ4n) is 2.18. The molecule has 2 aromatic rings. The Labute approximate surface area is 121 Å². The topological polar surface area (TPSA) is 28.4 Å². The highest BCUT2D eigenvalue weighted by Crippen LogP contribution is 2.20. The van der Waals surface area contributed by atoms with Gasteiger partial charge in [0.1, 0.15) is 0 Å². The predicted octanol–water partition coefficient (Wildman–Crippen LogP) is 3.72. The summed E-state index contributed by atoms with van der Waals surface area (Å²) in [5, 5.41) is 3.46. The van der Waals surface area contributed by atoms with Crippen LogP contribution < -0.4 is 10.2 Å². The summed E-state index contributed by atoms with van der Waals surface area (Å²) in [6.07, 6.45) is 3.51. The third kappa shape index (κ3) is 3.87. The van der Waals surface area contributed by atoms with E-state index in [1.807, 2.05) is 6.07 Å². The van der Waals surface area contributed by atoms with E-state index in [-0.39, 0.29) is 0 Å². The van der Waals surface area contributed by atoms with Crippen LogP contribution in [0.1, 0.15) is 30.5 Å². The molecule has 3 heteroatoms. The van der Waals surface area contributed by atoms with Gasteiger partial charge in [0.15, 0.2) is 0 Å². The largest absolute Gasteiger partial charge is 0.472 e. The minimum atomic E-state index is 0.512. The van der Waals surface area contributed by atoms with Crippen molar-refractivity contribution in [2.24, 2.45) is 0 Å². The lowest BCUT2D eigenvalue weighted by Crippen LogP contribution is -2.22. The Morgan fingerprint density at radius 1 is 1.25 bits per heavy atom. The SMILES string of the molecule is Cc1cc(N(C)Cc2ccoc2)ccc1CNC(C)C. The van der Waals surface area contributed by atoms with Gasteiger partial charge in [-0.1, -0.05) is 19.9 Å². The molecule has 0 bridgehead atoms. The van der Waals surface area contributed by atoms with Gasteiger partial charge in [0.05, 0.1) is 12.5 Å². The van der Waals surface area contributed by atoms with E-state index in [9.17, 15) is 0 Å². The van der Waals surface area contributed by atoms with Crippen molar-refractivity contribution in [1.29, 1.82) is 0 Å². The Bertz CT molecular complexity index is 532. The summed E-state index contributed by atoms with van der Waals surface area (Å²) in [4.78, 5) is 2.23. The molecule has 0 saturated carbocycles. The highest BCUT2D eigenvalue weighted by atomic mass is 16.3. The van der Waals surface area contributed by atoms with Gasteiger partial charge in [0.25, 0.3) is 0 Å². The molecule has 108 valence electrons. The average Bonchev–Trinajstić information content (AvgIpc) is 2.89. The normalized spacial score (nSPS) is 11.1. The van der Waals surface area contributed by atoms with Crippen molar-refractivity contribution in [3.8, 4) is 0 Å². The number of hydrogen-bond acceptors (Lipinski definition) is 3. The van der Waals surface area contributed by atoms with Crippen LogP contribution in [0.2, 0.25) is 0 Å². The van der Waals surface area contributed by atoms with Crippen LogP contribution in [0.4, 0.5) is 5.69 Å². The predicted molar refractivity (Wildman–Crippen MR) is 84.0 cm³/mol. The summed E-state index contributed by atoms with van der Waals surface area (Å²) in [5.74, 6) is 0. The number of hydrogen-bond donors (Lipinski definition) is 1. The molecule has 1 N–H and O–H groups in total. The van der Waals surface area contributed by atoms with Crippen molar-refractivity contribution in [3.63, 3.8) is 0 Å². The van der Waals surface area contributed by atoms with Crippen LogP contribution in [0.5, 0.6) is 0 Å². The average molecular weight is 272 g/mol. The molecule has 0 saturated heterocycles. The molecule has 3 nitrogen and oxygen atoms in total. The smallest absolute Gasteiger partial charge is 0.0952 e. The number of rotatable bonds is 6. The van der Waals surface area contributed by atoms with Gasteiger partial charge in [-0.15, -0.1) is 0 Å². The van der Waals surface area contributed by atoms with E-state index < -0.39 is 0 Å². The first-order valence-electron chi connectivity index (χ1n) is 7.11. The zero-order valence-electron chi connectivity index (χ0n) is 12.8. The molecule has 0 spiro atoms. The molecule has 2 rings (SSSR count). The summed E-state index contributed by atoms with van der Waals surface area (Å²) in [7, 11) is 2.10. The maximum atomic E-state index is 5.11. The van der Waals surface area contributed by atoms with Crippen LogP contribution in [-0.4, -0.2) is 13.1 Å². The van der Waals surface area contributed by atoms with Crippen LogP contribution >= 0.6 is 0 Å². The summed E-state index contributed by atoms with van der Waals surface area (Å²) < 4.78 is 5.11. The van der Waals surface area contributed by atoms with Crippen LogP contribution in [0.3, 0.4) is 0 Å². The van der Waals surface area contributed by atoms with Crippen molar-refractivity contribution >= 4 is 5.69 Å². The van der Waals surface area contributed by atoms with Gasteiger partial charge in [-0.25, -0.2) is 0 Å². The van der Waals surface area contributed by atoms with Crippen LogP contribution in [0.25, 0.3) is 0 Å². The van der Waals surface area contributed by atoms with Crippen molar-refractivity contribution in [2.45, 2.75) is 39.9 Å². The molecule has 0 amide bonds. The molecule has 20 heavy (non-hydrogen) atoms. The monoisotopic (exact) mass is 272 g/mol. The molecule has 0 fully saturated rings. The molecule has 0 unspecified atom stereocenters. The van der Waals surface area contributed by atoms with Crippen molar-refractivity contribution in [3.05, 3.63) is 53.5 Å². The van der Waals surface area contributed by atoms with Crippen LogP contribution in [-0.2, 0) is 13.1 Å². The Morgan fingerprint density at radius 3 is 2.65 bits per heavy atom. The minimum absolute atomic E-state index is 0.512. The summed E-state index contributed by atoms with van der Waals surface area (Å²) >= 11 is 0. The fraction of sp³-hybridized carbons (Fsp3) is 0.412. The van der Waals surface area contributed by atoms with E-state index in [0.717, 1.165) is 13.1 Å². The summed E-state index contributed by atoms with van der Waals surface area (Å²) in [6, 6.07) is 9.16. The summed E-state index contributed by atoms with van der Waals surface area (Å²) in [6.45, 7) is 8.30. The van der Waals surface area contributed by atoms with Gasteiger partial charge in [-0.3, -0.25) is 0 Å².